The summed E-state index contributed by atoms with van der Waals surface area (Å²) in [6.07, 6.45) is 1.61. The van der Waals surface area contributed by atoms with Crippen LogP contribution in [0.3, 0.4) is 0 Å². The van der Waals surface area contributed by atoms with E-state index in [4.69, 9.17) is 4.74 Å². The molecule has 3 rings (SSSR count). The zero-order valence-electron chi connectivity index (χ0n) is 11.4. The summed E-state index contributed by atoms with van der Waals surface area (Å²) in [5.41, 5.74) is -0.162. The van der Waals surface area contributed by atoms with Gasteiger partial charge in [-0.15, -0.1) is 0 Å². The largest absolute Gasteiger partial charge is 0.378 e. The average Bonchev–Trinajstić information content (AvgIpc) is 2.87. The zero-order chi connectivity index (χ0) is 15.0. The lowest BCUT2D eigenvalue weighted by Gasteiger charge is -2.14. The van der Waals surface area contributed by atoms with Gasteiger partial charge in [0, 0.05) is 12.7 Å². The van der Waals surface area contributed by atoms with Gasteiger partial charge in [0.15, 0.2) is 0 Å². The van der Waals surface area contributed by atoms with Crippen LogP contribution in [0.5, 0.6) is 0 Å². The van der Waals surface area contributed by atoms with E-state index in [1.54, 1.807) is 0 Å². The second kappa shape index (κ2) is 5.25. The molecule has 1 fully saturated rings. The summed E-state index contributed by atoms with van der Waals surface area (Å²) >= 11 is 0. The SMILES string of the molecule is C[C@H]1OCC[C@@H]1C(=O)Nc1cc2c(=O)[nH]cnc2cc1F. The molecule has 1 saturated heterocycles. The zero-order valence-corrected chi connectivity index (χ0v) is 11.4. The number of nitrogens with one attached hydrogen (secondary N) is 2. The van der Waals surface area contributed by atoms with E-state index < -0.39 is 5.82 Å². The minimum absolute atomic E-state index is 0.0231. The van der Waals surface area contributed by atoms with Crippen LogP contribution in [0.4, 0.5) is 10.1 Å². The van der Waals surface area contributed by atoms with Gasteiger partial charge in [0.25, 0.3) is 5.56 Å². The lowest BCUT2D eigenvalue weighted by molar-refractivity contribution is -0.121. The van der Waals surface area contributed by atoms with Crippen LogP contribution in [-0.4, -0.2) is 28.6 Å². The van der Waals surface area contributed by atoms with Crippen molar-refractivity contribution in [2.45, 2.75) is 19.4 Å². The summed E-state index contributed by atoms with van der Waals surface area (Å²) < 4.78 is 19.3. The average molecular weight is 291 g/mol. The number of ether oxygens (including phenoxy) is 1. The van der Waals surface area contributed by atoms with Crippen molar-refractivity contribution in [2.75, 3.05) is 11.9 Å². The number of anilines is 1. The first-order valence-corrected chi connectivity index (χ1v) is 6.65. The van der Waals surface area contributed by atoms with Crippen molar-refractivity contribution in [1.82, 2.24) is 9.97 Å². The number of benzene rings is 1. The van der Waals surface area contributed by atoms with E-state index in [1.807, 2.05) is 6.92 Å². The third kappa shape index (κ3) is 2.52. The van der Waals surface area contributed by atoms with Crippen molar-refractivity contribution in [3.05, 3.63) is 34.6 Å². The number of aromatic amines is 1. The number of halogens is 1. The fraction of sp³-hybridized carbons (Fsp3) is 0.357. The van der Waals surface area contributed by atoms with Crippen molar-refractivity contribution in [2.24, 2.45) is 5.92 Å². The Morgan fingerprint density at radius 2 is 2.33 bits per heavy atom. The monoisotopic (exact) mass is 291 g/mol. The van der Waals surface area contributed by atoms with Gasteiger partial charge >= 0.3 is 0 Å². The van der Waals surface area contributed by atoms with Gasteiger partial charge in [-0.25, -0.2) is 9.37 Å². The number of carbonyl (C=O) groups is 1. The summed E-state index contributed by atoms with van der Waals surface area (Å²) in [4.78, 5) is 30.1. The normalized spacial score (nSPS) is 21.6. The number of H-pyrrole nitrogens is 1. The van der Waals surface area contributed by atoms with Gasteiger partial charge in [-0.3, -0.25) is 9.59 Å². The van der Waals surface area contributed by atoms with Gasteiger partial charge < -0.3 is 15.0 Å². The Morgan fingerprint density at radius 1 is 1.52 bits per heavy atom. The first-order chi connectivity index (χ1) is 10.1. The highest BCUT2D eigenvalue weighted by atomic mass is 19.1. The van der Waals surface area contributed by atoms with Crippen molar-refractivity contribution < 1.29 is 13.9 Å². The third-order valence-electron chi connectivity index (χ3n) is 3.70. The maximum atomic E-state index is 14.0. The summed E-state index contributed by atoms with van der Waals surface area (Å²) in [6.45, 7) is 2.33. The molecule has 0 unspecified atom stereocenters. The molecular weight excluding hydrogens is 277 g/mol. The Hall–Kier alpha value is -2.28. The number of hydrogen-bond donors (Lipinski definition) is 2. The van der Waals surface area contributed by atoms with Crippen molar-refractivity contribution >= 4 is 22.5 Å². The Morgan fingerprint density at radius 3 is 3.05 bits per heavy atom. The van der Waals surface area contributed by atoms with Crippen LogP contribution >= 0.6 is 0 Å². The summed E-state index contributed by atoms with van der Waals surface area (Å²) in [5.74, 6) is -1.24. The predicted molar refractivity (Wildman–Crippen MR) is 74.5 cm³/mol. The van der Waals surface area contributed by atoms with E-state index in [0.717, 1.165) is 6.07 Å². The maximum Gasteiger partial charge on any atom is 0.258 e. The van der Waals surface area contributed by atoms with Crippen molar-refractivity contribution in [3.8, 4) is 0 Å². The van der Waals surface area contributed by atoms with Crippen LogP contribution in [0.1, 0.15) is 13.3 Å². The quantitative estimate of drug-likeness (QED) is 0.876. The molecule has 110 valence electrons. The second-order valence-corrected chi connectivity index (χ2v) is 5.04. The van der Waals surface area contributed by atoms with Gasteiger partial charge in [-0.2, -0.15) is 0 Å². The van der Waals surface area contributed by atoms with Crippen LogP contribution in [0, 0.1) is 11.7 Å². The highest BCUT2D eigenvalue weighted by Crippen LogP contribution is 2.24. The Balaban J connectivity index is 1.93. The fourth-order valence-electron chi connectivity index (χ4n) is 2.49. The van der Waals surface area contributed by atoms with Gasteiger partial charge in [0.1, 0.15) is 5.82 Å². The molecule has 1 aromatic heterocycles. The lowest BCUT2D eigenvalue weighted by atomic mass is 10.0. The van der Waals surface area contributed by atoms with Crippen molar-refractivity contribution in [3.63, 3.8) is 0 Å². The molecule has 0 spiro atoms. The molecule has 0 bridgehead atoms. The van der Waals surface area contributed by atoms with Crippen LogP contribution in [0.25, 0.3) is 10.9 Å². The smallest absolute Gasteiger partial charge is 0.258 e. The molecule has 1 aliphatic heterocycles. The Labute approximate surface area is 119 Å². The molecule has 0 saturated carbocycles. The molecule has 21 heavy (non-hydrogen) atoms. The molecular formula is C14H14FN3O3. The van der Waals surface area contributed by atoms with Crippen LogP contribution < -0.4 is 10.9 Å². The number of carbonyl (C=O) groups excluding carboxylic acids is 1. The number of fused-ring (bicyclic) bond motifs is 1. The van der Waals surface area contributed by atoms with E-state index in [0.29, 0.717) is 13.0 Å². The molecule has 0 aliphatic carbocycles. The van der Waals surface area contributed by atoms with E-state index in [-0.39, 0.29) is 40.1 Å². The van der Waals surface area contributed by atoms with Crippen LogP contribution in [0.15, 0.2) is 23.3 Å². The summed E-state index contributed by atoms with van der Waals surface area (Å²) in [5, 5.41) is 2.75. The molecule has 0 radical (unpaired) electrons. The molecule has 2 heterocycles. The van der Waals surface area contributed by atoms with E-state index in [9.17, 15) is 14.0 Å². The first-order valence-electron chi connectivity index (χ1n) is 6.65. The molecule has 7 heteroatoms. The van der Waals surface area contributed by atoms with E-state index >= 15 is 0 Å². The Kier molecular flexibility index (Phi) is 3.42. The Bertz CT molecular complexity index is 759. The van der Waals surface area contributed by atoms with Gasteiger partial charge in [-0.05, 0) is 19.4 Å². The van der Waals surface area contributed by atoms with Crippen LogP contribution in [0.2, 0.25) is 0 Å². The number of amides is 1. The standard InChI is InChI=1S/C14H14FN3O3/c1-7-8(2-3-21-7)14(20)18-12-4-9-11(5-10(12)15)16-6-17-13(9)19/h4-8H,2-3H2,1H3,(H,18,20)(H,16,17,19)/t7-,8+/m1/s1. The van der Waals surface area contributed by atoms with Gasteiger partial charge in [0.05, 0.1) is 34.9 Å². The van der Waals surface area contributed by atoms with E-state index in [2.05, 4.69) is 15.3 Å². The van der Waals surface area contributed by atoms with Gasteiger partial charge in [-0.1, -0.05) is 0 Å². The van der Waals surface area contributed by atoms with Crippen LogP contribution in [-0.2, 0) is 9.53 Å². The minimum Gasteiger partial charge on any atom is -0.378 e. The van der Waals surface area contributed by atoms with E-state index in [1.165, 1.54) is 12.4 Å². The predicted octanol–water partition coefficient (Wildman–Crippen LogP) is 1.43. The second-order valence-electron chi connectivity index (χ2n) is 5.04. The third-order valence-corrected chi connectivity index (χ3v) is 3.70. The number of nitrogens with zero attached hydrogens (tertiary/aromatic N) is 1. The summed E-state index contributed by atoms with van der Waals surface area (Å²) in [7, 11) is 0. The number of rotatable bonds is 2. The number of aromatic nitrogens is 2. The molecule has 1 aliphatic rings. The summed E-state index contributed by atoms with van der Waals surface area (Å²) in [6, 6.07) is 2.43. The highest BCUT2D eigenvalue weighted by molar-refractivity contribution is 5.95. The minimum atomic E-state index is -0.625. The maximum absolute atomic E-state index is 14.0. The highest BCUT2D eigenvalue weighted by Gasteiger charge is 2.31. The van der Waals surface area contributed by atoms with Crippen molar-refractivity contribution in [1.29, 1.82) is 0 Å². The molecule has 2 N–H and O–H groups in total. The molecule has 1 aromatic carbocycles. The lowest BCUT2D eigenvalue weighted by Crippen LogP contribution is -2.28. The molecule has 2 atom stereocenters. The first kappa shape index (κ1) is 13.7. The topological polar surface area (TPSA) is 84.1 Å². The van der Waals surface area contributed by atoms with Gasteiger partial charge in [0.2, 0.25) is 5.91 Å². The number of hydrogen-bond acceptors (Lipinski definition) is 4. The fourth-order valence-corrected chi connectivity index (χ4v) is 2.49. The molecule has 2 aromatic rings. The molecule has 1 amide bonds. The molecule has 6 nitrogen and oxygen atoms in total.